The summed E-state index contributed by atoms with van der Waals surface area (Å²) in [5.74, 6) is 0.0157. The predicted octanol–water partition coefficient (Wildman–Crippen LogP) is 2.29. The van der Waals surface area contributed by atoms with Crippen LogP contribution in [0.1, 0.15) is 28.0 Å². The Labute approximate surface area is 142 Å². The molecule has 2 aromatic heterocycles. The van der Waals surface area contributed by atoms with Gasteiger partial charge in [0.1, 0.15) is 11.8 Å². The van der Waals surface area contributed by atoms with E-state index in [1.807, 2.05) is 6.07 Å². The molecule has 0 aliphatic heterocycles. The quantitative estimate of drug-likeness (QED) is 0.739. The van der Waals surface area contributed by atoms with Crippen molar-refractivity contribution >= 4 is 17.5 Å². The van der Waals surface area contributed by atoms with Crippen LogP contribution in [0.5, 0.6) is 0 Å². The summed E-state index contributed by atoms with van der Waals surface area (Å²) >= 11 is 5.98. The zero-order valence-corrected chi connectivity index (χ0v) is 13.6. The third kappa shape index (κ3) is 3.17. The largest absolute Gasteiger partial charge is 0.467 e. The average molecular weight is 347 g/mol. The van der Waals surface area contributed by atoms with E-state index in [4.69, 9.17) is 16.0 Å². The van der Waals surface area contributed by atoms with Crippen molar-refractivity contribution in [2.24, 2.45) is 0 Å². The third-order valence-electron chi connectivity index (χ3n) is 3.54. The Morgan fingerprint density at radius 1 is 1.42 bits per heavy atom. The molecule has 1 unspecified atom stereocenters. The van der Waals surface area contributed by atoms with Gasteiger partial charge in [0.15, 0.2) is 5.69 Å². The third-order valence-corrected chi connectivity index (χ3v) is 3.77. The number of rotatable bonds is 5. The molecule has 24 heavy (non-hydrogen) atoms. The van der Waals surface area contributed by atoms with Crippen molar-refractivity contribution in [3.63, 3.8) is 0 Å². The summed E-state index contributed by atoms with van der Waals surface area (Å²) in [7, 11) is 0. The SMILES string of the molecule is Cc1c(C(=O)NC(CO)c2ccco2)nnn1-c1cccc(Cl)c1. The molecule has 1 atom stereocenters. The van der Waals surface area contributed by atoms with Crippen molar-refractivity contribution in [3.8, 4) is 5.69 Å². The van der Waals surface area contributed by atoms with Gasteiger partial charge in [-0.2, -0.15) is 0 Å². The molecule has 2 N–H and O–H groups in total. The van der Waals surface area contributed by atoms with Crippen molar-refractivity contribution < 1.29 is 14.3 Å². The Morgan fingerprint density at radius 3 is 2.92 bits per heavy atom. The number of amides is 1. The fourth-order valence-electron chi connectivity index (χ4n) is 2.31. The minimum Gasteiger partial charge on any atom is -0.467 e. The number of hydrogen-bond acceptors (Lipinski definition) is 5. The van der Waals surface area contributed by atoms with Crippen LogP contribution in [-0.4, -0.2) is 32.6 Å². The van der Waals surface area contributed by atoms with E-state index in [-0.39, 0.29) is 12.3 Å². The van der Waals surface area contributed by atoms with Gasteiger partial charge in [-0.25, -0.2) is 4.68 Å². The molecule has 0 spiro atoms. The van der Waals surface area contributed by atoms with Crippen LogP contribution in [0, 0.1) is 6.92 Å². The number of benzene rings is 1. The standard InChI is InChI=1S/C16H15ClN4O3/c1-10-15(16(23)18-13(9-22)14-6-3-7-24-14)19-20-21(10)12-5-2-4-11(17)8-12/h2-8,13,22H,9H2,1H3,(H,18,23). The first-order valence-corrected chi connectivity index (χ1v) is 7.61. The van der Waals surface area contributed by atoms with Crippen LogP contribution < -0.4 is 5.32 Å². The van der Waals surface area contributed by atoms with Crippen LogP contribution in [0.25, 0.3) is 5.69 Å². The van der Waals surface area contributed by atoms with Crippen LogP contribution >= 0.6 is 11.6 Å². The Balaban J connectivity index is 1.84. The maximum absolute atomic E-state index is 12.4. The molecule has 0 aliphatic rings. The van der Waals surface area contributed by atoms with Crippen molar-refractivity contribution in [1.29, 1.82) is 0 Å². The summed E-state index contributed by atoms with van der Waals surface area (Å²) in [6.07, 6.45) is 1.48. The van der Waals surface area contributed by atoms with Gasteiger partial charge in [-0.3, -0.25) is 4.79 Å². The van der Waals surface area contributed by atoms with E-state index in [9.17, 15) is 9.90 Å². The van der Waals surface area contributed by atoms with E-state index < -0.39 is 11.9 Å². The van der Waals surface area contributed by atoms with Gasteiger partial charge in [0, 0.05) is 5.02 Å². The number of aromatic nitrogens is 3. The topological polar surface area (TPSA) is 93.2 Å². The molecule has 0 fully saturated rings. The van der Waals surface area contributed by atoms with E-state index in [0.29, 0.717) is 22.2 Å². The molecular formula is C16H15ClN4O3. The van der Waals surface area contributed by atoms with Crippen molar-refractivity contribution in [2.45, 2.75) is 13.0 Å². The number of aliphatic hydroxyl groups excluding tert-OH is 1. The average Bonchev–Trinajstić information content (AvgIpc) is 3.22. The Bertz CT molecular complexity index is 845. The van der Waals surface area contributed by atoms with Gasteiger partial charge in [-0.1, -0.05) is 22.9 Å². The molecule has 0 saturated carbocycles. The first-order chi connectivity index (χ1) is 11.6. The predicted molar refractivity (Wildman–Crippen MR) is 87.1 cm³/mol. The molecule has 8 heteroatoms. The van der Waals surface area contributed by atoms with Gasteiger partial charge in [0.05, 0.1) is 24.3 Å². The molecule has 0 aliphatic carbocycles. The first kappa shape index (κ1) is 16.2. The van der Waals surface area contributed by atoms with Crippen molar-refractivity contribution in [2.75, 3.05) is 6.61 Å². The summed E-state index contributed by atoms with van der Waals surface area (Å²) in [5.41, 5.74) is 1.43. The second-order valence-electron chi connectivity index (χ2n) is 5.14. The molecular weight excluding hydrogens is 332 g/mol. The van der Waals surface area contributed by atoms with Crippen LogP contribution in [0.15, 0.2) is 47.1 Å². The zero-order chi connectivity index (χ0) is 17.1. The lowest BCUT2D eigenvalue weighted by molar-refractivity contribution is 0.0901. The summed E-state index contributed by atoms with van der Waals surface area (Å²) in [4.78, 5) is 12.4. The van der Waals surface area contributed by atoms with Gasteiger partial charge >= 0.3 is 0 Å². The van der Waals surface area contributed by atoms with Crippen molar-refractivity contribution in [3.05, 3.63) is 64.8 Å². The maximum Gasteiger partial charge on any atom is 0.274 e. The van der Waals surface area contributed by atoms with Crippen LogP contribution in [0.3, 0.4) is 0 Å². The van der Waals surface area contributed by atoms with Crippen molar-refractivity contribution in [1.82, 2.24) is 20.3 Å². The minimum atomic E-state index is -0.650. The second kappa shape index (κ2) is 6.86. The molecule has 0 bridgehead atoms. The molecule has 3 rings (SSSR count). The highest BCUT2D eigenvalue weighted by Crippen LogP contribution is 2.18. The molecule has 2 heterocycles. The fraction of sp³-hybridized carbons (Fsp3) is 0.188. The lowest BCUT2D eigenvalue weighted by Crippen LogP contribution is -2.31. The van der Waals surface area contributed by atoms with Gasteiger partial charge in [-0.15, -0.1) is 5.10 Å². The number of furan rings is 1. The number of aliphatic hydroxyl groups is 1. The molecule has 124 valence electrons. The smallest absolute Gasteiger partial charge is 0.274 e. The maximum atomic E-state index is 12.4. The van der Waals surface area contributed by atoms with Gasteiger partial charge in [-0.05, 0) is 37.3 Å². The van der Waals surface area contributed by atoms with E-state index in [1.165, 1.54) is 10.9 Å². The molecule has 3 aromatic rings. The molecule has 1 aromatic carbocycles. The molecule has 0 saturated heterocycles. The zero-order valence-electron chi connectivity index (χ0n) is 12.8. The lowest BCUT2D eigenvalue weighted by Gasteiger charge is -2.13. The monoisotopic (exact) mass is 346 g/mol. The second-order valence-corrected chi connectivity index (χ2v) is 5.58. The normalized spacial score (nSPS) is 12.1. The van der Waals surface area contributed by atoms with E-state index in [1.54, 1.807) is 37.3 Å². The number of halogens is 1. The summed E-state index contributed by atoms with van der Waals surface area (Å²) in [6, 6.07) is 9.79. The van der Waals surface area contributed by atoms with Gasteiger partial charge in [0.25, 0.3) is 5.91 Å². The molecule has 7 nitrogen and oxygen atoms in total. The fourth-order valence-corrected chi connectivity index (χ4v) is 2.50. The lowest BCUT2D eigenvalue weighted by atomic mass is 10.2. The minimum absolute atomic E-state index is 0.167. The summed E-state index contributed by atoms with van der Waals surface area (Å²) in [5, 5.41) is 20.6. The highest BCUT2D eigenvalue weighted by atomic mass is 35.5. The summed E-state index contributed by atoms with van der Waals surface area (Å²) < 4.78 is 6.74. The van der Waals surface area contributed by atoms with E-state index in [0.717, 1.165) is 0 Å². The van der Waals surface area contributed by atoms with E-state index in [2.05, 4.69) is 15.6 Å². The number of carbonyl (C=O) groups is 1. The number of hydrogen-bond donors (Lipinski definition) is 2. The van der Waals surface area contributed by atoms with Crippen LogP contribution in [0.4, 0.5) is 0 Å². The highest BCUT2D eigenvalue weighted by Gasteiger charge is 2.22. The number of nitrogens with one attached hydrogen (secondary N) is 1. The number of carbonyl (C=O) groups excluding carboxylic acids is 1. The Morgan fingerprint density at radius 2 is 2.25 bits per heavy atom. The summed E-state index contributed by atoms with van der Waals surface area (Å²) in [6.45, 7) is 1.44. The Kier molecular flexibility index (Phi) is 4.64. The molecule has 0 radical (unpaired) electrons. The van der Waals surface area contributed by atoms with Gasteiger partial charge in [0.2, 0.25) is 0 Å². The first-order valence-electron chi connectivity index (χ1n) is 7.23. The molecule has 1 amide bonds. The Hall–Kier alpha value is -2.64. The highest BCUT2D eigenvalue weighted by molar-refractivity contribution is 6.30. The number of nitrogens with zero attached hydrogens (tertiary/aromatic N) is 3. The van der Waals surface area contributed by atoms with Crippen LogP contribution in [-0.2, 0) is 0 Å². The van der Waals surface area contributed by atoms with Crippen LogP contribution in [0.2, 0.25) is 5.02 Å². The van der Waals surface area contributed by atoms with Gasteiger partial charge < -0.3 is 14.8 Å². The van der Waals surface area contributed by atoms with E-state index >= 15 is 0 Å².